The molecule has 1 amide bonds. The third kappa shape index (κ3) is 2.66. The second-order valence-electron chi connectivity index (χ2n) is 6.89. The van der Waals surface area contributed by atoms with E-state index in [0.717, 1.165) is 10.9 Å². The lowest BCUT2D eigenvalue weighted by Gasteiger charge is -2.10. The van der Waals surface area contributed by atoms with Crippen LogP contribution >= 0.6 is 0 Å². The SMILES string of the molecule is COc1cc[nH]c1C=C1C(=O)Nc2ccc([N+](=O)[O-])c(-c3ccc4[nH]ccc4c3)c21. The molecule has 2 aromatic carbocycles. The molecule has 0 aliphatic carbocycles. The number of anilines is 1. The number of aromatic amines is 2. The predicted molar refractivity (Wildman–Crippen MR) is 114 cm³/mol. The van der Waals surface area contributed by atoms with Gasteiger partial charge in [-0.3, -0.25) is 14.9 Å². The van der Waals surface area contributed by atoms with Crippen molar-refractivity contribution in [3.63, 3.8) is 0 Å². The molecular formula is C22H16N4O4. The number of nitrogens with one attached hydrogen (secondary N) is 3. The van der Waals surface area contributed by atoms with Crippen LogP contribution in [0.4, 0.5) is 11.4 Å². The maximum absolute atomic E-state index is 12.8. The lowest BCUT2D eigenvalue weighted by atomic mass is 9.92. The fourth-order valence-electron chi connectivity index (χ4n) is 3.87. The molecular weight excluding hydrogens is 384 g/mol. The Kier molecular flexibility index (Phi) is 3.92. The second-order valence-corrected chi connectivity index (χ2v) is 6.89. The van der Waals surface area contributed by atoms with Crippen molar-refractivity contribution < 1.29 is 14.5 Å². The van der Waals surface area contributed by atoms with Crippen molar-refractivity contribution in [3.8, 4) is 16.9 Å². The van der Waals surface area contributed by atoms with E-state index in [1.54, 1.807) is 24.4 Å². The van der Waals surface area contributed by atoms with E-state index in [9.17, 15) is 14.9 Å². The Balaban J connectivity index is 1.80. The molecule has 0 bridgehead atoms. The van der Waals surface area contributed by atoms with Gasteiger partial charge in [0.15, 0.2) is 0 Å². The normalized spacial score (nSPS) is 14.2. The molecule has 0 fully saturated rings. The number of ether oxygens (including phenoxy) is 1. The highest BCUT2D eigenvalue weighted by Gasteiger charge is 2.33. The first kappa shape index (κ1) is 17.7. The van der Waals surface area contributed by atoms with Crippen LogP contribution in [0.2, 0.25) is 0 Å². The summed E-state index contributed by atoms with van der Waals surface area (Å²) in [5, 5.41) is 15.6. The van der Waals surface area contributed by atoms with E-state index in [-0.39, 0.29) is 11.6 Å². The van der Waals surface area contributed by atoms with Crippen LogP contribution in [0, 0.1) is 10.1 Å². The van der Waals surface area contributed by atoms with Crippen molar-refractivity contribution in [2.45, 2.75) is 0 Å². The molecule has 2 aromatic heterocycles. The fourth-order valence-corrected chi connectivity index (χ4v) is 3.87. The third-order valence-electron chi connectivity index (χ3n) is 5.23. The van der Waals surface area contributed by atoms with Crippen LogP contribution in [0.15, 0.2) is 54.9 Å². The molecule has 8 nitrogen and oxygen atoms in total. The number of nitro groups is 1. The van der Waals surface area contributed by atoms with Gasteiger partial charge in [0.1, 0.15) is 5.75 Å². The van der Waals surface area contributed by atoms with Crippen LogP contribution in [-0.2, 0) is 4.79 Å². The molecule has 3 heterocycles. The molecule has 0 radical (unpaired) electrons. The molecule has 8 heteroatoms. The monoisotopic (exact) mass is 400 g/mol. The number of fused-ring (bicyclic) bond motifs is 2. The molecule has 4 aromatic rings. The van der Waals surface area contributed by atoms with E-state index >= 15 is 0 Å². The minimum atomic E-state index is -0.424. The molecule has 1 aliphatic heterocycles. The number of carbonyl (C=O) groups is 1. The summed E-state index contributed by atoms with van der Waals surface area (Å²) >= 11 is 0. The summed E-state index contributed by atoms with van der Waals surface area (Å²) < 4.78 is 5.32. The van der Waals surface area contributed by atoms with Gasteiger partial charge in [-0.2, -0.15) is 0 Å². The van der Waals surface area contributed by atoms with Crippen molar-refractivity contribution in [1.82, 2.24) is 9.97 Å². The molecule has 0 saturated carbocycles. The molecule has 0 spiro atoms. The van der Waals surface area contributed by atoms with E-state index in [4.69, 9.17) is 4.74 Å². The van der Waals surface area contributed by atoms with Gasteiger partial charge in [0.05, 0.1) is 34.6 Å². The maximum Gasteiger partial charge on any atom is 0.277 e. The maximum atomic E-state index is 12.8. The number of hydrogen-bond donors (Lipinski definition) is 3. The predicted octanol–water partition coefficient (Wildman–Crippen LogP) is 4.57. The van der Waals surface area contributed by atoms with Crippen LogP contribution in [0.1, 0.15) is 11.3 Å². The summed E-state index contributed by atoms with van der Waals surface area (Å²) in [7, 11) is 1.54. The highest BCUT2D eigenvalue weighted by atomic mass is 16.6. The summed E-state index contributed by atoms with van der Waals surface area (Å²) in [6, 6.07) is 12.2. The largest absolute Gasteiger partial charge is 0.495 e. The van der Waals surface area contributed by atoms with Gasteiger partial charge in [0.2, 0.25) is 0 Å². The standard InChI is InChI=1S/C22H16N4O4/c1-30-19-7-9-24-17(19)11-14-21-16(25-22(14)27)4-5-18(26(28)29)20(21)13-2-3-15-12(10-13)6-8-23-15/h2-11,23-24H,1H3,(H,25,27). The Hall–Kier alpha value is -4.33. The van der Waals surface area contributed by atoms with E-state index in [0.29, 0.717) is 39.4 Å². The highest BCUT2D eigenvalue weighted by molar-refractivity contribution is 6.36. The number of nitro benzene ring substituents is 1. The minimum Gasteiger partial charge on any atom is -0.495 e. The number of aromatic nitrogens is 2. The lowest BCUT2D eigenvalue weighted by molar-refractivity contribution is -0.384. The van der Waals surface area contributed by atoms with Crippen LogP contribution in [0.3, 0.4) is 0 Å². The second kappa shape index (κ2) is 6.63. The average Bonchev–Trinajstić information content (AvgIpc) is 3.45. The number of hydrogen-bond acceptors (Lipinski definition) is 4. The summed E-state index contributed by atoms with van der Waals surface area (Å²) in [5.41, 5.74) is 3.89. The number of methoxy groups -OCH3 is 1. The van der Waals surface area contributed by atoms with Crippen molar-refractivity contribution in [1.29, 1.82) is 0 Å². The number of carbonyl (C=O) groups excluding carboxylic acids is 1. The first-order valence-corrected chi connectivity index (χ1v) is 9.20. The van der Waals surface area contributed by atoms with Gasteiger partial charge in [-0.05, 0) is 47.4 Å². The van der Waals surface area contributed by atoms with Crippen LogP contribution in [-0.4, -0.2) is 27.9 Å². The van der Waals surface area contributed by atoms with Gasteiger partial charge in [0.25, 0.3) is 11.6 Å². The quantitative estimate of drug-likeness (QED) is 0.264. The zero-order valence-corrected chi connectivity index (χ0v) is 15.9. The molecule has 0 atom stereocenters. The Morgan fingerprint density at radius 1 is 1.03 bits per heavy atom. The van der Waals surface area contributed by atoms with Crippen LogP contribution in [0.5, 0.6) is 5.75 Å². The Morgan fingerprint density at radius 2 is 1.87 bits per heavy atom. The van der Waals surface area contributed by atoms with E-state index < -0.39 is 4.92 Å². The molecule has 0 saturated heterocycles. The number of benzene rings is 2. The Labute approximate surface area is 170 Å². The van der Waals surface area contributed by atoms with Gasteiger partial charge in [-0.25, -0.2) is 0 Å². The van der Waals surface area contributed by atoms with Gasteiger partial charge < -0.3 is 20.0 Å². The first-order valence-electron chi connectivity index (χ1n) is 9.20. The zero-order chi connectivity index (χ0) is 20.8. The topological polar surface area (TPSA) is 113 Å². The molecule has 30 heavy (non-hydrogen) atoms. The fraction of sp³-hybridized carbons (Fsp3) is 0.0455. The zero-order valence-electron chi connectivity index (χ0n) is 15.9. The van der Waals surface area contributed by atoms with Crippen LogP contribution in [0.25, 0.3) is 33.7 Å². The van der Waals surface area contributed by atoms with Gasteiger partial charge in [-0.15, -0.1) is 0 Å². The van der Waals surface area contributed by atoms with E-state index in [2.05, 4.69) is 15.3 Å². The molecule has 1 aliphatic rings. The number of amides is 1. The summed E-state index contributed by atoms with van der Waals surface area (Å²) in [5.74, 6) is 0.246. The molecule has 148 valence electrons. The molecule has 0 unspecified atom stereocenters. The Bertz CT molecular complexity index is 1360. The van der Waals surface area contributed by atoms with Crippen molar-refractivity contribution in [3.05, 3.63) is 76.2 Å². The average molecular weight is 400 g/mol. The van der Waals surface area contributed by atoms with E-state index in [1.807, 2.05) is 30.5 Å². The third-order valence-corrected chi connectivity index (χ3v) is 5.23. The van der Waals surface area contributed by atoms with Gasteiger partial charge >= 0.3 is 0 Å². The Morgan fingerprint density at radius 3 is 2.67 bits per heavy atom. The number of rotatable bonds is 4. The van der Waals surface area contributed by atoms with Gasteiger partial charge in [0, 0.05) is 29.5 Å². The summed E-state index contributed by atoms with van der Waals surface area (Å²) in [4.78, 5) is 30.4. The lowest BCUT2D eigenvalue weighted by Crippen LogP contribution is -2.03. The molecule has 5 rings (SSSR count). The summed E-state index contributed by atoms with van der Waals surface area (Å²) in [6.45, 7) is 0. The van der Waals surface area contributed by atoms with Crippen molar-refractivity contribution >= 4 is 39.8 Å². The number of H-pyrrole nitrogens is 2. The summed E-state index contributed by atoms with van der Waals surface area (Å²) in [6.07, 6.45) is 5.17. The van der Waals surface area contributed by atoms with Crippen molar-refractivity contribution in [2.24, 2.45) is 0 Å². The highest BCUT2D eigenvalue weighted by Crippen LogP contribution is 2.45. The first-order chi connectivity index (χ1) is 14.6. The molecule has 3 N–H and O–H groups in total. The van der Waals surface area contributed by atoms with Crippen molar-refractivity contribution in [2.75, 3.05) is 12.4 Å². The van der Waals surface area contributed by atoms with E-state index in [1.165, 1.54) is 13.2 Å². The smallest absolute Gasteiger partial charge is 0.277 e. The number of nitrogens with zero attached hydrogens (tertiary/aromatic N) is 1. The minimum absolute atomic E-state index is 0.0653. The van der Waals surface area contributed by atoms with Gasteiger partial charge in [-0.1, -0.05) is 6.07 Å². The van der Waals surface area contributed by atoms with Crippen LogP contribution < -0.4 is 10.1 Å².